The number of hydrogen-bond donors (Lipinski definition) is 0. The van der Waals surface area contributed by atoms with Gasteiger partial charge in [0.2, 0.25) is 0 Å². The molecule has 1 aliphatic rings. The summed E-state index contributed by atoms with van der Waals surface area (Å²) in [6.45, 7) is 7.13. The van der Waals surface area contributed by atoms with Crippen LogP contribution in [0.15, 0.2) is 24.3 Å². The molecule has 0 unspecified atom stereocenters. The van der Waals surface area contributed by atoms with Gasteiger partial charge < -0.3 is 9.64 Å². The molecular formula is C17H24ClF3N2O. The van der Waals surface area contributed by atoms with E-state index in [-0.39, 0.29) is 11.2 Å². The fourth-order valence-corrected chi connectivity index (χ4v) is 2.88. The first-order chi connectivity index (χ1) is 11.2. The second kappa shape index (κ2) is 7.83. The van der Waals surface area contributed by atoms with Gasteiger partial charge in [-0.3, -0.25) is 4.90 Å². The first-order valence-electron chi connectivity index (χ1n) is 8.02. The summed E-state index contributed by atoms with van der Waals surface area (Å²) in [5.74, 6) is 0.880. The van der Waals surface area contributed by atoms with Crippen molar-refractivity contribution in [2.45, 2.75) is 20.0 Å². The summed E-state index contributed by atoms with van der Waals surface area (Å²) < 4.78 is 42.2. The third kappa shape index (κ3) is 5.74. The Balaban J connectivity index is 1.97. The number of piperazine rings is 1. The van der Waals surface area contributed by atoms with Crippen LogP contribution in [0, 0.1) is 5.41 Å². The van der Waals surface area contributed by atoms with Crippen molar-refractivity contribution >= 4 is 17.3 Å². The smallest absolute Gasteiger partial charge is 0.422 e. The number of hydrogen-bond acceptors (Lipinski definition) is 3. The first kappa shape index (κ1) is 19.2. The maximum atomic E-state index is 12.4. The van der Waals surface area contributed by atoms with Crippen molar-refractivity contribution in [2.75, 3.05) is 50.1 Å². The number of rotatable bonds is 6. The quantitative estimate of drug-likeness (QED) is 0.709. The second-order valence-electron chi connectivity index (χ2n) is 6.93. The molecular weight excluding hydrogens is 341 g/mol. The van der Waals surface area contributed by atoms with Crippen LogP contribution < -0.4 is 9.64 Å². The van der Waals surface area contributed by atoms with Gasteiger partial charge in [-0.1, -0.05) is 26.0 Å². The largest absolute Gasteiger partial charge is 0.482 e. The standard InChI is InChI=1S/C17H24ClF3N2O/c1-16(2,11-18)12-22-7-9-23(10-8-22)14-5-3-4-6-15(14)24-13-17(19,20)21/h3-6H,7-13H2,1-2H3. The van der Waals surface area contributed by atoms with Gasteiger partial charge >= 0.3 is 6.18 Å². The average molecular weight is 365 g/mol. The minimum absolute atomic E-state index is 0.0530. The van der Waals surface area contributed by atoms with E-state index in [2.05, 4.69) is 23.6 Å². The fraction of sp³-hybridized carbons (Fsp3) is 0.647. The van der Waals surface area contributed by atoms with Gasteiger partial charge in [0.1, 0.15) is 5.75 Å². The Kier molecular flexibility index (Phi) is 6.26. The van der Waals surface area contributed by atoms with Crippen molar-refractivity contribution < 1.29 is 17.9 Å². The van der Waals surface area contributed by atoms with Crippen molar-refractivity contribution in [3.05, 3.63) is 24.3 Å². The van der Waals surface area contributed by atoms with Crippen LogP contribution in [0.25, 0.3) is 0 Å². The highest BCUT2D eigenvalue weighted by Crippen LogP contribution is 2.31. The van der Waals surface area contributed by atoms with Gasteiger partial charge in [-0.2, -0.15) is 13.2 Å². The minimum Gasteiger partial charge on any atom is -0.482 e. The Hall–Kier alpha value is -1.14. The molecule has 136 valence electrons. The Bertz CT molecular complexity index is 529. The van der Waals surface area contributed by atoms with E-state index in [0.29, 0.717) is 5.88 Å². The lowest BCUT2D eigenvalue weighted by molar-refractivity contribution is -0.153. The average Bonchev–Trinajstić information content (AvgIpc) is 2.53. The maximum absolute atomic E-state index is 12.4. The molecule has 0 N–H and O–H groups in total. The SMILES string of the molecule is CC(C)(CCl)CN1CCN(c2ccccc2OCC(F)(F)F)CC1. The first-order valence-corrected chi connectivity index (χ1v) is 8.55. The molecule has 0 aliphatic carbocycles. The fourth-order valence-electron chi connectivity index (χ4n) is 2.79. The summed E-state index contributed by atoms with van der Waals surface area (Å²) >= 11 is 5.98. The van der Waals surface area contributed by atoms with E-state index in [9.17, 15) is 13.2 Å². The highest BCUT2D eigenvalue weighted by molar-refractivity contribution is 6.18. The molecule has 1 aromatic rings. The van der Waals surface area contributed by atoms with Crippen molar-refractivity contribution in [1.29, 1.82) is 0 Å². The number of alkyl halides is 4. The second-order valence-corrected chi connectivity index (χ2v) is 7.20. The third-order valence-corrected chi connectivity index (χ3v) is 4.71. The maximum Gasteiger partial charge on any atom is 0.422 e. The minimum atomic E-state index is -4.33. The van der Waals surface area contributed by atoms with Gasteiger partial charge in [0.15, 0.2) is 6.61 Å². The third-order valence-electron chi connectivity index (χ3n) is 3.98. The molecule has 0 bridgehead atoms. The van der Waals surface area contributed by atoms with E-state index < -0.39 is 12.8 Å². The molecule has 0 radical (unpaired) electrons. The van der Waals surface area contributed by atoms with Crippen LogP contribution in [0.4, 0.5) is 18.9 Å². The van der Waals surface area contributed by atoms with Gasteiger partial charge in [-0.05, 0) is 17.5 Å². The van der Waals surface area contributed by atoms with Crippen molar-refractivity contribution in [2.24, 2.45) is 5.41 Å². The number of nitrogens with zero attached hydrogens (tertiary/aromatic N) is 2. The lowest BCUT2D eigenvalue weighted by atomic mass is 9.95. The Labute approximate surface area is 146 Å². The molecule has 7 heteroatoms. The zero-order valence-electron chi connectivity index (χ0n) is 14.1. The topological polar surface area (TPSA) is 15.7 Å². The molecule has 1 saturated heterocycles. The van der Waals surface area contributed by atoms with Crippen LogP contribution >= 0.6 is 11.6 Å². The predicted molar refractivity (Wildman–Crippen MR) is 91.1 cm³/mol. The summed E-state index contributed by atoms with van der Waals surface area (Å²) in [6.07, 6.45) is -4.33. The van der Waals surface area contributed by atoms with Gasteiger partial charge in [0.05, 0.1) is 5.69 Å². The monoisotopic (exact) mass is 364 g/mol. The molecule has 0 saturated carbocycles. The number of anilines is 1. The number of ether oxygens (including phenoxy) is 1. The summed E-state index contributed by atoms with van der Waals surface area (Å²) in [6, 6.07) is 6.90. The summed E-state index contributed by atoms with van der Waals surface area (Å²) in [5.41, 5.74) is 0.773. The summed E-state index contributed by atoms with van der Waals surface area (Å²) in [5, 5.41) is 0. The molecule has 0 atom stereocenters. The van der Waals surface area contributed by atoms with Crippen LogP contribution in [-0.2, 0) is 0 Å². The Morgan fingerprint density at radius 1 is 1.08 bits per heavy atom. The molecule has 3 nitrogen and oxygen atoms in total. The normalized spacial score (nSPS) is 17.2. The van der Waals surface area contributed by atoms with Gasteiger partial charge in [0, 0.05) is 38.6 Å². The van der Waals surface area contributed by atoms with Crippen LogP contribution in [-0.4, -0.2) is 56.3 Å². The van der Waals surface area contributed by atoms with E-state index in [0.717, 1.165) is 38.4 Å². The molecule has 24 heavy (non-hydrogen) atoms. The molecule has 0 aromatic heterocycles. The van der Waals surface area contributed by atoms with Gasteiger partial charge in [0.25, 0.3) is 0 Å². The van der Waals surface area contributed by atoms with Crippen molar-refractivity contribution in [3.63, 3.8) is 0 Å². The highest BCUT2D eigenvalue weighted by Gasteiger charge is 2.30. The number of halogens is 4. The number of para-hydroxylation sites is 2. The molecule has 1 aliphatic heterocycles. The Morgan fingerprint density at radius 2 is 1.71 bits per heavy atom. The molecule has 2 rings (SSSR count). The number of benzene rings is 1. The van der Waals surface area contributed by atoms with Gasteiger partial charge in [-0.15, -0.1) is 11.6 Å². The van der Waals surface area contributed by atoms with E-state index in [1.54, 1.807) is 12.1 Å². The van der Waals surface area contributed by atoms with E-state index >= 15 is 0 Å². The predicted octanol–water partition coefficient (Wildman–Crippen LogP) is 4.01. The Morgan fingerprint density at radius 3 is 2.29 bits per heavy atom. The van der Waals surface area contributed by atoms with Crippen LogP contribution in [0.1, 0.15) is 13.8 Å². The lowest BCUT2D eigenvalue weighted by Crippen LogP contribution is -2.49. The zero-order chi connectivity index (χ0) is 17.8. The lowest BCUT2D eigenvalue weighted by Gasteiger charge is -2.39. The van der Waals surface area contributed by atoms with E-state index in [1.165, 1.54) is 0 Å². The molecule has 1 aromatic carbocycles. The zero-order valence-corrected chi connectivity index (χ0v) is 14.8. The van der Waals surface area contributed by atoms with Crippen molar-refractivity contribution in [3.8, 4) is 5.75 Å². The van der Waals surface area contributed by atoms with Gasteiger partial charge in [-0.25, -0.2) is 0 Å². The van der Waals surface area contributed by atoms with Crippen molar-refractivity contribution in [1.82, 2.24) is 4.90 Å². The highest BCUT2D eigenvalue weighted by atomic mass is 35.5. The van der Waals surface area contributed by atoms with Crippen LogP contribution in [0.2, 0.25) is 0 Å². The van der Waals surface area contributed by atoms with Crippen LogP contribution in [0.5, 0.6) is 5.75 Å². The van der Waals surface area contributed by atoms with E-state index in [4.69, 9.17) is 16.3 Å². The summed E-state index contributed by atoms with van der Waals surface area (Å²) in [7, 11) is 0. The molecule has 0 spiro atoms. The molecule has 1 fully saturated rings. The molecule has 0 amide bonds. The van der Waals surface area contributed by atoms with E-state index in [1.807, 2.05) is 12.1 Å². The molecule has 1 heterocycles. The van der Waals surface area contributed by atoms with Crippen LogP contribution in [0.3, 0.4) is 0 Å². The summed E-state index contributed by atoms with van der Waals surface area (Å²) in [4.78, 5) is 4.42.